The zero-order chi connectivity index (χ0) is 18.2. The van der Waals surface area contributed by atoms with E-state index in [2.05, 4.69) is 26.4 Å². The fraction of sp³-hybridized carbons (Fsp3) is 0.263. The van der Waals surface area contributed by atoms with Crippen LogP contribution in [0.2, 0.25) is 0 Å². The molecule has 3 N–H and O–H groups in total. The monoisotopic (exact) mass is 337 g/mol. The topological polar surface area (TPSA) is 93.3 Å². The molecule has 2 heterocycles. The number of aryl methyl sites for hydroxylation is 1. The number of hydrogen-bond acceptors (Lipinski definition) is 5. The molecule has 6 nitrogen and oxygen atoms in total. The summed E-state index contributed by atoms with van der Waals surface area (Å²) >= 11 is 0. The van der Waals surface area contributed by atoms with Crippen LogP contribution in [0.4, 0.5) is 11.5 Å². The Morgan fingerprint density at radius 1 is 1.24 bits per heavy atom. The first-order chi connectivity index (χ1) is 12.1. The van der Waals surface area contributed by atoms with E-state index in [4.69, 9.17) is 5.73 Å². The minimum absolute atomic E-state index is 0.260. The third-order valence-electron chi connectivity index (χ3n) is 3.46. The van der Waals surface area contributed by atoms with E-state index in [1.54, 1.807) is 6.92 Å². The Labute approximate surface area is 147 Å². The molecule has 1 amide bonds. The number of anilines is 2. The van der Waals surface area contributed by atoms with Gasteiger partial charge in [-0.25, -0.2) is 9.97 Å². The normalized spacial score (nSPS) is 12.7. The number of nitrogens with one attached hydrogen (secondary N) is 1. The summed E-state index contributed by atoms with van der Waals surface area (Å²) < 4.78 is 0. The highest BCUT2D eigenvalue weighted by Gasteiger charge is 2.12. The van der Waals surface area contributed by atoms with Crippen LogP contribution in [0.5, 0.6) is 0 Å². The molecule has 1 aliphatic heterocycles. The van der Waals surface area contributed by atoms with Crippen molar-refractivity contribution in [1.82, 2.24) is 9.97 Å². The van der Waals surface area contributed by atoms with Crippen LogP contribution in [-0.4, -0.2) is 22.1 Å². The summed E-state index contributed by atoms with van der Waals surface area (Å²) in [5, 5.41) is 3.14. The van der Waals surface area contributed by atoms with Crippen molar-refractivity contribution in [3.63, 3.8) is 0 Å². The molecule has 25 heavy (non-hydrogen) atoms. The van der Waals surface area contributed by atoms with Crippen LogP contribution < -0.4 is 11.1 Å². The number of nitrogens with two attached hydrogens (primary N) is 1. The second-order valence-electron chi connectivity index (χ2n) is 5.23. The molecule has 0 aliphatic carbocycles. The van der Waals surface area contributed by atoms with Gasteiger partial charge >= 0.3 is 0 Å². The molecule has 0 saturated heterocycles. The largest absolute Gasteiger partial charge is 0.365 e. The molecule has 0 fully saturated rings. The van der Waals surface area contributed by atoms with E-state index in [0.29, 0.717) is 11.6 Å². The second-order valence-corrected chi connectivity index (χ2v) is 5.23. The minimum atomic E-state index is -0.566. The Bertz CT molecular complexity index is 811. The predicted octanol–water partition coefficient (Wildman–Crippen LogP) is 3.86. The van der Waals surface area contributed by atoms with E-state index in [1.807, 2.05) is 44.3 Å². The molecule has 1 aromatic carbocycles. The first-order valence-corrected chi connectivity index (χ1v) is 8.37. The van der Waals surface area contributed by atoms with Crippen LogP contribution in [0.1, 0.15) is 48.4 Å². The lowest BCUT2D eigenvalue weighted by atomic mass is 10.1. The summed E-state index contributed by atoms with van der Waals surface area (Å²) in [7, 11) is 0. The number of carbonyl (C=O) groups excluding carboxylic acids is 1. The molecule has 0 radical (unpaired) electrons. The van der Waals surface area contributed by atoms with Gasteiger partial charge in [-0.3, -0.25) is 9.79 Å². The molecule has 6 heteroatoms. The number of benzene rings is 1. The number of hydrogen-bond donors (Lipinski definition) is 2. The molecule has 0 spiro atoms. The Kier molecular flexibility index (Phi) is 6.39. The van der Waals surface area contributed by atoms with Gasteiger partial charge in [0.1, 0.15) is 17.2 Å². The zero-order valence-electron chi connectivity index (χ0n) is 14.8. The highest BCUT2D eigenvalue weighted by atomic mass is 16.1. The standard InChI is InChI=1S/C17H17N5O.C2H6/c1-11-20-10-14(16(18)23)17(21-11)22-13-6-4-5-12(9-13)15-7-2-3-8-19-15;1-2/h4-10H,2-3H2,1H3,(H2,18,23)(H,20,21,22);1-2H3. The molecule has 0 bridgehead atoms. The van der Waals surface area contributed by atoms with Crippen LogP contribution in [0, 0.1) is 6.92 Å². The van der Waals surface area contributed by atoms with Gasteiger partial charge in [0.05, 0.1) is 5.70 Å². The van der Waals surface area contributed by atoms with Crippen molar-refractivity contribution >= 4 is 29.3 Å². The third-order valence-corrected chi connectivity index (χ3v) is 3.46. The van der Waals surface area contributed by atoms with E-state index >= 15 is 0 Å². The number of rotatable bonds is 4. The van der Waals surface area contributed by atoms with E-state index in [0.717, 1.165) is 29.8 Å². The van der Waals surface area contributed by atoms with Gasteiger partial charge in [-0.2, -0.15) is 0 Å². The fourth-order valence-electron chi connectivity index (χ4n) is 2.34. The number of amides is 1. The molecular weight excluding hydrogens is 314 g/mol. The number of allylic oxidation sites excluding steroid dienone is 1. The summed E-state index contributed by atoms with van der Waals surface area (Å²) in [6.45, 7) is 5.76. The summed E-state index contributed by atoms with van der Waals surface area (Å²) in [4.78, 5) is 24.2. The van der Waals surface area contributed by atoms with Crippen molar-refractivity contribution in [3.8, 4) is 0 Å². The van der Waals surface area contributed by atoms with Gasteiger partial charge in [0, 0.05) is 23.7 Å². The number of carbonyl (C=O) groups is 1. The van der Waals surface area contributed by atoms with Gasteiger partial charge in [-0.15, -0.1) is 0 Å². The lowest BCUT2D eigenvalue weighted by molar-refractivity contribution is 0.100. The first kappa shape index (κ1) is 18.3. The highest BCUT2D eigenvalue weighted by molar-refractivity contribution is 5.98. The molecule has 0 saturated carbocycles. The summed E-state index contributed by atoms with van der Waals surface area (Å²) in [5.74, 6) is 0.403. The maximum atomic E-state index is 11.5. The molecule has 0 unspecified atom stereocenters. The lowest BCUT2D eigenvalue weighted by Crippen LogP contribution is -2.15. The van der Waals surface area contributed by atoms with Gasteiger partial charge in [-0.1, -0.05) is 32.1 Å². The molecule has 2 aromatic rings. The Morgan fingerprint density at radius 2 is 2.04 bits per heavy atom. The van der Waals surface area contributed by atoms with Crippen LogP contribution in [-0.2, 0) is 0 Å². The predicted molar refractivity (Wildman–Crippen MR) is 102 cm³/mol. The van der Waals surface area contributed by atoms with E-state index in [9.17, 15) is 4.79 Å². The average Bonchev–Trinajstić information content (AvgIpc) is 2.64. The van der Waals surface area contributed by atoms with Gasteiger partial charge in [0.2, 0.25) is 0 Å². The Morgan fingerprint density at radius 3 is 2.72 bits per heavy atom. The first-order valence-electron chi connectivity index (χ1n) is 8.37. The number of primary amides is 1. The highest BCUT2D eigenvalue weighted by Crippen LogP contribution is 2.25. The van der Waals surface area contributed by atoms with Crippen LogP contribution in [0.3, 0.4) is 0 Å². The van der Waals surface area contributed by atoms with Crippen molar-refractivity contribution in [3.05, 3.63) is 53.5 Å². The maximum absolute atomic E-state index is 11.5. The zero-order valence-corrected chi connectivity index (χ0v) is 14.8. The van der Waals surface area contributed by atoms with Gasteiger partial charge in [0.15, 0.2) is 0 Å². The van der Waals surface area contributed by atoms with Gasteiger partial charge in [0.25, 0.3) is 5.91 Å². The molecule has 3 rings (SSSR count). The molecule has 1 aromatic heterocycles. The number of aliphatic imine (C=N–C) groups is 1. The van der Waals surface area contributed by atoms with Crippen molar-refractivity contribution in [2.24, 2.45) is 10.7 Å². The minimum Gasteiger partial charge on any atom is -0.365 e. The van der Waals surface area contributed by atoms with Crippen molar-refractivity contribution < 1.29 is 4.79 Å². The Hall–Kier alpha value is -3.02. The van der Waals surface area contributed by atoms with E-state index in [1.165, 1.54) is 6.20 Å². The van der Waals surface area contributed by atoms with Crippen LogP contribution >= 0.6 is 0 Å². The molecule has 0 atom stereocenters. The smallest absolute Gasteiger partial charge is 0.254 e. The number of nitrogens with zero attached hydrogens (tertiary/aromatic N) is 3. The molecular formula is C19H23N5O. The fourth-order valence-corrected chi connectivity index (χ4v) is 2.34. The van der Waals surface area contributed by atoms with Crippen LogP contribution in [0.15, 0.2) is 41.5 Å². The SMILES string of the molecule is CC.Cc1ncc(C(N)=O)c(Nc2cccc(C3=CCCC=N3)c2)n1. The van der Waals surface area contributed by atoms with Gasteiger partial charge < -0.3 is 11.1 Å². The summed E-state index contributed by atoms with van der Waals surface area (Å²) in [6.07, 6.45) is 7.44. The van der Waals surface area contributed by atoms with Crippen molar-refractivity contribution in [1.29, 1.82) is 0 Å². The molecule has 130 valence electrons. The summed E-state index contributed by atoms with van der Waals surface area (Å²) in [6, 6.07) is 7.80. The quantitative estimate of drug-likeness (QED) is 0.886. The van der Waals surface area contributed by atoms with Crippen molar-refractivity contribution in [2.45, 2.75) is 33.6 Å². The lowest BCUT2D eigenvalue weighted by Gasteiger charge is -2.12. The van der Waals surface area contributed by atoms with E-state index in [-0.39, 0.29) is 5.56 Å². The molecule has 1 aliphatic rings. The maximum Gasteiger partial charge on any atom is 0.254 e. The average molecular weight is 337 g/mol. The second kappa shape index (κ2) is 8.73. The number of aromatic nitrogens is 2. The van der Waals surface area contributed by atoms with Crippen molar-refractivity contribution in [2.75, 3.05) is 5.32 Å². The third kappa shape index (κ3) is 4.73. The summed E-state index contributed by atoms with van der Waals surface area (Å²) in [5.41, 5.74) is 8.41. The Balaban J connectivity index is 0.00000109. The van der Waals surface area contributed by atoms with E-state index < -0.39 is 5.91 Å². The van der Waals surface area contributed by atoms with Gasteiger partial charge in [-0.05, 0) is 31.9 Å². The van der Waals surface area contributed by atoms with Crippen LogP contribution in [0.25, 0.3) is 5.70 Å².